The number of carbonyl (C=O) groups excluding carboxylic acids is 2. The molecule has 3 atom stereocenters. The number of amides is 2. The van der Waals surface area contributed by atoms with Crippen LogP contribution in [0.1, 0.15) is 53.9 Å². The molecule has 0 bridgehead atoms. The highest BCUT2D eigenvalue weighted by Gasteiger charge is 2.49. The van der Waals surface area contributed by atoms with E-state index >= 15 is 0 Å². The third kappa shape index (κ3) is 3.94. The summed E-state index contributed by atoms with van der Waals surface area (Å²) in [5.41, 5.74) is -0.865. The Morgan fingerprint density at radius 1 is 1.24 bits per heavy atom. The lowest BCUT2D eigenvalue weighted by Crippen LogP contribution is -2.64. The Morgan fingerprint density at radius 2 is 1.97 bits per heavy atom. The van der Waals surface area contributed by atoms with Gasteiger partial charge in [0.05, 0.1) is 17.7 Å². The second kappa shape index (κ2) is 7.88. The molecule has 1 aromatic heterocycles. The molecule has 4 rings (SSSR count). The van der Waals surface area contributed by atoms with Crippen LogP contribution < -0.4 is 5.32 Å². The molecule has 1 aliphatic carbocycles. The summed E-state index contributed by atoms with van der Waals surface area (Å²) < 4.78 is 13.2. The zero-order chi connectivity index (χ0) is 20.6. The van der Waals surface area contributed by atoms with Crippen molar-refractivity contribution in [2.45, 2.75) is 50.3 Å². The molecular formula is C22H25FN2O3S. The number of nitrogens with zero attached hydrogens (tertiary/aromatic N) is 1. The molecule has 2 aliphatic rings. The van der Waals surface area contributed by atoms with E-state index in [2.05, 4.69) is 5.32 Å². The number of rotatable bonds is 4. The molecule has 7 heteroatoms. The fourth-order valence-corrected chi connectivity index (χ4v) is 5.01. The molecule has 1 saturated carbocycles. The molecule has 2 aromatic rings. The maximum Gasteiger partial charge on any atom is 0.251 e. The second-order valence-electron chi connectivity index (χ2n) is 8.18. The molecule has 2 amide bonds. The highest BCUT2D eigenvalue weighted by atomic mass is 32.1. The first kappa shape index (κ1) is 20.0. The Hall–Kier alpha value is -2.25. The van der Waals surface area contributed by atoms with Gasteiger partial charge in [-0.1, -0.05) is 12.5 Å². The maximum absolute atomic E-state index is 13.2. The zero-order valence-corrected chi connectivity index (χ0v) is 17.1. The van der Waals surface area contributed by atoms with Crippen LogP contribution >= 0.6 is 11.3 Å². The van der Waals surface area contributed by atoms with Crippen molar-refractivity contribution in [1.82, 2.24) is 10.2 Å². The van der Waals surface area contributed by atoms with Gasteiger partial charge in [0.1, 0.15) is 5.82 Å². The number of piperidine rings is 1. The lowest BCUT2D eigenvalue weighted by atomic mass is 9.78. The summed E-state index contributed by atoms with van der Waals surface area (Å²) in [7, 11) is 0. The Kier molecular flexibility index (Phi) is 5.44. The molecule has 1 aromatic carbocycles. The summed E-state index contributed by atoms with van der Waals surface area (Å²) in [6.07, 6.45) is 3.24. The van der Waals surface area contributed by atoms with Crippen molar-refractivity contribution in [2.75, 3.05) is 6.54 Å². The van der Waals surface area contributed by atoms with Crippen molar-refractivity contribution >= 4 is 23.2 Å². The van der Waals surface area contributed by atoms with Gasteiger partial charge in [-0.3, -0.25) is 9.59 Å². The third-order valence-electron chi connectivity index (χ3n) is 6.15. The molecule has 1 aliphatic heterocycles. The Balaban J connectivity index is 1.66. The maximum atomic E-state index is 13.2. The van der Waals surface area contributed by atoms with Crippen LogP contribution in [0.4, 0.5) is 4.39 Å². The van der Waals surface area contributed by atoms with E-state index in [9.17, 15) is 19.1 Å². The SMILES string of the molecule is C[C@@]1(O)CCN(C(=O)C2CCC2)[C@@H](c2cccs2)[C@@H]1NC(=O)c1ccc(F)cc1. The number of halogens is 1. The Labute approximate surface area is 173 Å². The molecular weight excluding hydrogens is 391 g/mol. The van der Waals surface area contributed by atoms with Crippen LogP contribution in [-0.4, -0.2) is 40.0 Å². The largest absolute Gasteiger partial charge is 0.388 e. The van der Waals surface area contributed by atoms with Gasteiger partial charge in [0.25, 0.3) is 5.91 Å². The van der Waals surface area contributed by atoms with E-state index in [1.54, 1.807) is 6.92 Å². The van der Waals surface area contributed by atoms with E-state index in [0.29, 0.717) is 18.5 Å². The molecule has 5 nitrogen and oxygen atoms in total. The van der Waals surface area contributed by atoms with Crippen molar-refractivity contribution in [3.05, 3.63) is 58.0 Å². The highest BCUT2D eigenvalue weighted by Crippen LogP contribution is 2.41. The average molecular weight is 417 g/mol. The van der Waals surface area contributed by atoms with Crippen molar-refractivity contribution in [2.24, 2.45) is 5.92 Å². The Bertz CT molecular complexity index is 878. The molecule has 0 unspecified atom stereocenters. The van der Waals surface area contributed by atoms with Crippen LogP contribution in [0, 0.1) is 11.7 Å². The predicted octanol–water partition coefficient (Wildman–Crippen LogP) is 3.51. The van der Waals surface area contributed by atoms with Crippen LogP contribution in [0.5, 0.6) is 0 Å². The number of likely N-dealkylation sites (tertiary alicyclic amines) is 1. The van der Waals surface area contributed by atoms with Gasteiger partial charge in [0, 0.05) is 22.9 Å². The highest BCUT2D eigenvalue weighted by molar-refractivity contribution is 7.10. The minimum absolute atomic E-state index is 0.0361. The monoisotopic (exact) mass is 416 g/mol. The lowest BCUT2D eigenvalue weighted by Gasteiger charge is -2.50. The van der Waals surface area contributed by atoms with Gasteiger partial charge < -0.3 is 15.3 Å². The summed E-state index contributed by atoms with van der Waals surface area (Å²) in [6.45, 7) is 2.15. The fourth-order valence-electron chi connectivity index (χ4n) is 4.14. The molecule has 154 valence electrons. The standard InChI is InChI=1S/C22H25FN2O3S/c1-22(28)11-12-25(21(27)15-4-2-5-15)18(17-6-3-13-29-17)19(22)24-20(26)14-7-9-16(23)10-8-14/h3,6-10,13,15,18-19,28H,2,4-5,11-12H2,1H3,(H,24,26)/t18-,19-,22+/m0/s1. The van der Waals surface area contributed by atoms with Gasteiger partial charge in [0.15, 0.2) is 0 Å². The number of carbonyl (C=O) groups is 2. The minimum Gasteiger partial charge on any atom is -0.388 e. The normalized spacial score (nSPS) is 27.3. The van der Waals surface area contributed by atoms with Crippen LogP contribution in [-0.2, 0) is 4.79 Å². The molecule has 2 heterocycles. The number of benzene rings is 1. The van der Waals surface area contributed by atoms with E-state index in [0.717, 1.165) is 24.1 Å². The molecule has 1 saturated heterocycles. The summed E-state index contributed by atoms with van der Waals surface area (Å²) in [6, 6.07) is 8.05. The Morgan fingerprint density at radius 3 is 2.55 bits per heavy atom. The van der Waals surface area contributed by atoms with Crippen molar-refractivity contribution in [3.63, 3.8) is 0 Å². The quantitative estimate of drug-likeness (QED) is 0.801. The molecule has 2 N–H and O–H groups in total. The van der Waals surface area contributed by atoms with E-state index in [1.165, 1.54) is 35.6 Å². The van der Waals surface area contributed by atoms with Gasteiger partial charge in [0.2, 0.25) is 5.91 Å². The van der Waals surface area contributed by atoms with Gasteiger partial charge in [-0.05, 0) is 61.9 Å². The smallest absolute Gasteiger partial charge is 0.251 e. The van der Waals surface area contributed by atoms with Crippen LogP contribution in [0.3, 0.4) is 0 Å². The number of hydrogen-bond acceptors (Lipinski definition) is 4. The third-order valence-corrected chi connectivity index (χ3v) is 7.09. The first-order valence-corrected chi connectivity index (χ1v) is 10.9. The van der Waals surface area contributed by atoms with E-state index < -0.39 is 29.4 Å². The fraction of sp³-hybridized carbons (Fsp3) is 0.455. The predicted molar refractivity (Wildman–Crippen MR) is 109 cm³/mol. The van der Waals surface area contributed by atoms with E-state index in [-0.39, 0.29) is 11.8 Å². The minimum atomic E-state index is -1.18. The van der Waals surface area contributed by atoms with Crippen LogP contribution in [0.2, 0.25) is 0 Å². The lowest BCUT2D eigenvalue weighted by molar-refractivity contribution is -0.149. The summed E-state index contributed by atoms with van der Waals surface area (Å²) in [4.78, 5) is 28.8. The van der Waals surface area contributed by atoms with Crippen molar-refractivity contribution in [1.29, 1.82) is 0 Å². The number of thiophene rings is 1. The van der Waals surface area contributed by atoms with Gasteiger partial charge in [-0.15, -0.1) is 11.3 Å². The summed E-state index contributed by atoms with van der Waals surface area (Å²) >= 11 is 1.51. The van der Waals surface area contributed by atoms with Gasteiger partial charge >= 0.3 is 0 Å². The van der Waals surface area contributed by atoms with E-state index in [1.807, 2.05) is 22.4 Å². The summed E-state index contributed by atoms with van der Waals surface area (Å²) in [5, 5.41) is 16.0. The number of nitrogens with one attached hydrogen (secondary N) is 1. The van der Waals surface area contributed by atoms with Gasteiger partial charge in [-0.25, -0.2) is 4.39 Å². The summed E-state index contributed by atoms with van der Waals surface area (Å²) in [5.74, 6) is -0.671. The van der Waals surface area contributed by atoms with E-state index in [4.69, 9.17) is 0 Å². The zero-order valence-electron chi connectivity index (χ0n) is 16.3. The first-order valence-electron chi connectivity index (χ1n) is 9.99. The second-order valence-corrected chi connectivity index (χ2v) is 9.16. The number of hydrogen-bond donors (Lipinski definition) is 2. The molecule has 0 spiro atoms. The van der Waals surface area contributed by atoms with Gasteiger partial charge in [-0.2, -0.15) is 0 Å². The molecule has 29 heavy (non-hydrogen) atoms. The van der Waals surface area contributed by atoms with Crippen LogP contribution in [0.25, 0.3) is 0 Å². The topological polar surface area (TPSA) is 69.6 Å². The molecule has 2 fully saturated rings. The van der Waals surface area contributed by atoms with Crippen molar-refractivity contribution in [3.8, 4) is 0 Å². The van der Waals surface area contributed by atoms with Crippen molar-refractivity contribution < 1.29 is 19.1 Å². The average Bonchev–Trinajstić information content (AvgIpc) is 3.16. The first-order chi connectivity index (χ1) is 13.9. The van der Waals surface area contributed by atoms with Crippen LogP contribution in [0.15, 0.2) is 41.8 Å². The molecule has 0 radical (unpaired) electrons. The number of aliphatic hydroxyl groups is 1.